The fourth-order valence-corrected chi connectivity index (χ4v) is 5.30. The molecule has 1 atom stereocenters. The van der Waals surface area contributed by atoms with E-state index in [9.17, 15) is 18.0 Å². The number of amides is 2. The summed E-state index contributed by atoms with van der Waals surface area (Å²) >= 11 is 0. The summed E-state index contributed by atoms with van der Waals surface area (Å²) in [6.07, 6.45) is 0.586. The van der Waals surface area contributed by atoms with Gasteiger partial charge in [-0.2, -0.15) is 0 Å². The van der Waals surface area contributed by atoms with Gasteiger partial charge < -0.3 is 19.7 Å². The zero-order valence-corrected chi connectivity index (χ0v) is 22.9. The van der Waals surface area contributed by atoms with Crippen molar-refractivity contribution >= 4 is 21.8 Å². The highest BCUT2D eigenvalue weighted by Gasteiger charge is 2.26. The first-order chi connectivity index (χ1) is 18.8. The van der Waals surface area contributed by atoms with Crippen LogP contribution in [-0.2, 0) is 39.1 Å². The van der Waals surface area contributed by atoms with Gasteiger partial charge in [-0.05, 0) is 54.3 Å². The molecule has 0 aromatic heterocycles. The molecule has 9 nitrogen and oxygen atoms in total. The minimum atomic E-state index is -3.54. The lowest BCUT2D eigenvalue weighted by Gasteiger charge is -2.29. The van der Waals surface area contributed by atoms with Crippen LogP contribution in [0.2, 0.25) is 0 Å². The van der Waals surface area contributed by atoms with Gasteiger partial charge >= 0.3 is 0 Å². The summed E-state index contributed by atoms with van der Waals surface area (Å²) in [6, 6.07) is 20.8. The number of nitrogens with one attached hydrogen (secondary N) is 2. The van der Waals surface area contributed by atoms with Gasteiger partial charge in [0.25, 0.3) is 0 Å². The van der Waals surface area contributed by atoms with E-state index in [-0.39, 0.29) is 43.0 Å². The third-order valence-corrected chi connectivity index (χ3v) is 8.02. The average Bonchev–Trinajstić information content (AvgIpc) is 3.42. The van der Waals surface area contributed by atoms with E-state index in [2.05, 4.69) is 10.0 Å². The molecule has 0 fully saturated rings. The molecule has 2 N–H and O–H groups in total. The van der Waals surface area contributed by atoms with Gasteiger partial charge in [0.15, 0.2) is 11.5 Å². The highest BCUT2D eigenvalue weighted by atomic mass is 32.2. The number of rotatable bonds is 12. The molecule has 10 heteroatoms. The first-order valence-corrected chi connectivity index (χ1v) is 14.3. The van der Waals surface area contributed by atoms with Gasteiger partial charge in [0.1, 0.15) is 6.04 Å². The number of carbonyl (C=O) groups is 2. The fraction of sp³-hybridized carbons (Fsp3) is 0.310. The van der Waals surface area contributed by atoms with Crippen LogP contribution >= 0.6 is 0 Å². The Morgan fingerprint density at radius 3 is 2.33 bits per heavy atom. The minimum Gasteiger partial charge on any atom is -0.454 e. The third-order valence-electron chi connectivity index (χ3n) is 6.46. The fourth-order valence-electron chi connectivity index (χ4n) is 4.25. The second-order valence-electron chi connectivity index (χ2n) is 9.23. The topological polar surface area (TPSA) is 114 Å². The van der Waals surface area contributed by atoms with Crippen LogP contribution in [-0.4, -0.2) is 44.5 Å². The number of nitrogens with zero attached hydrogens (tertiary/aromatic N) is 1. The molecule has 1 unspecified atom stereocenters. The molecule has 1 aliphatic heterocycles. The van der Waals surface area contributed by atoms with E-state index in [0.29, 0.717) is 24.5 Å². The van der Waals surface area contributed by atoms with Gasteiger partial charge in [-0.15, -0.1) is 0 Å². The monoisotopic (exact) mass is 551 g/mol. The van der Waals surface area contributed by atoms with E-state index in [1.807, 2.05) is 42.5 Å². The Labute approximate surface area is 229 Å². The van der Waals surface area contributed by atoms with Crippen molar-refractivity contribution in [2.75, 3.05) is 13.3 Å². The van der Waals surface area contributed by atoms with Crippen LogP contribution in [0, 0.1) is 0 Å². The van der Waals surface area contributed by atoms with Crippen molar-refractivity contribution in [2.24, 2.45) is 0 Å². The van der Waals surface area contributed by atoms with Crippen molar-refractivity contribution in [3.63, 3.8) is 0 Å². The second kappa shape index (κ2) is 12.8. The molecule has 206 valence electrons. The standard InChI is InChI=1S/C29H33N3O6S/c1-3-31-39(35,36)25-13-9-22(10-14-25)12-16-28(33)32(19-23-7-5-4-6-8-23)21(2)29(34)30-18-24-11-15-26-27(17-24)38-20-37-26/h4-11,13-15,17,21,31H,3,12,16,18-20H2,1-2H3,(H,30,34). The molecule has 1 aliphatic rings. The Kier molecular flexibility index (Phi) is 9.21. The molecule has 1 heterocycles. The molecule has 0 aliphatic carbocycles. The van der Waals surface area contributed by atoms with E-state index in [0.717, 1.165) is 16.7 Å². The van der Waals surface area contributed by atoms with Crippen molar-refractivity contribution in [3.8, 4) is 11.5 Å². The Hall–Kier alpha value is -3.89. The van der Waals surface area contributed by atoms with Gasteiger partial charge in [-0.1, -0.05) is 55.5 Å². The lowest BCUT2D eigenvalue weighted by atomic mass is 10.1. The number of benzene rings is 3. The molecule has 0 spiro atoms. The van der Waals surface area contributed by atoms with Crippen LogP contribution in [0.3, 0.4) is 0 Å². The van der Waals surface area contributed by atoms with Crippen molar-refractivity contribution in [3.05, 3.63) is 89.5 Å². The van der Waals surface area contributed by atoms with Crippen molar-refractivity contribution in [2.45, 2.75) is 50.7 Å². The van der Waals surface area contributed by atoms with E-state index >= 15 is 0 Å². The van der Waals surface area contributed by atoms with Crippen molar-refractivity contribution in [1.29, 1.82) is 0 Å². The molecular formula is C29H33N3O6S. The number of sulfonamides is 1. The number of hydrogen-bond donors (Lipinski definition) is 2. The van der Waals surface area contributed by atoms with Gasteiger partial charge in [0, 0.05) is 26.1 Å². The van der Waals surface area contributed by atoms with E-state index < -0.39 is 16.1 Å². The first-order valence-electron chi connectivity index (χ1n) is 12.8. The summed E-state index contributed by atoms with van der Waals surface area (Å²) in [5.74, 6) is 0.874. The van der Waals surface area contributed by atoms with Crippen LogP contribution in [0.1, 0.15) is 37.0 Å². The molecular weight excluding hydrogens is 518 g/mol. The molecule has 2 amide bonds. The predicted octanol–water partition coefficient (Wildman–Crippen LogP) is 3.38. The van der Waals surface area contributed by atoms with Crippen LogP contribution in [0.25, 0.3) is 0 Å². The number of ether oxygens (including phenoxy) is 2. The Balaban J connectivity index is 1.41. The molecule has 0 saturated heterocycles. The Morgan fingerprint density at radius 2 is 1.62 bits per heavy atom. The van der Waals surface area contributed by atoms with Crippen LogP contribution in [0.15, 0.2) is 77.7 Å². The van der Waals surface area contributed by atoms with Crippen molar-refractivity contribution in [1.82, 2.24) is 14.9 Å². The third kappa shape index (κ3) is 7.36. The highest BCUT2D eigenvalue weighted by Crippen LogP contribution is 2.32. The van der Waals surface area contributed by atoms with Crippen LogP contribution in [0.4, 0.5) is 0 Å². The number of fused-ring (bicyclic) bond motifs is 1. The normalized spacial score (nSPS) is 13.1. The predicted molar refractivity (Wildman–Crippen MR) is 146 cm³/mol. The zero-order valence-electron chi connectivity index (χ0n) is 22.1. The molecule has 0 saturated carbocycles. The summed E-state index contributed by atoms with van der Waals surface area (Å²) in [4.78, 5) is 28.3. The number of carbonyl (C=O) groups excluding carboxylic acids is 2. The summed E-state index contributed by atoms with van der Waals surface area (Å²) < 4.78 is 37.6. The number of aryl methyl sites for hydroxylation is 1. The summed E-state index contributed by atoms with van der Waals surface area (Å²) in [7, 11) is -3.54. The van der Waals surface area contributed by atoms with Crippen LogP contribution in [0.5, 0.6) is 11.5 Å². The average molecular weight is 552 g/mol. The summed E-state index contributed by atoms with van der Waals surface area (Å²) in [6.45, 7) is 4.50. The maximum Gasteiger partial charge on any atom is 0.242 e. The molecule has 4 rings (SSSR count). The quantitative estimate of drug-likeness (QED) is 0.357. The summed E-state index contributed by atoms with van der Waals surface area (Å²) in [5.41, 5.74) is 2.61. The van der Waals surface area contributed by atoms with Gasteiger partial charge in [0.05, 0.1) is 4.90 Å². The first kappa shape index (κ1) is 28.1. The van der Waals surface area contributed by atoms with Crippen LogP contribution < -0.4 is 19.5 Å². The second-order valence-corrected chi connectivity index (χ2v) is 11.0. The SMILES string of the molecule is CCNS(=O)(=O)c1ccc(CCC(=O)N(Cc2ccccc2)C(C)C(=O)NCc2ccc3c(c2)OCO3)cc1. The number of hydrogen-bond acceptors (Lipinski definition) is 6. The zero-order chi connectivity index (χ0) is 27.8. The van der Waals surface area contributed by atoms with E-state index in [1.165, 1.54) is 12.1 Å². The lowest BCUT2D eigenvalue weighted by Crippen LogP contribution is -2.47. The molecule has 0 radical (unpaired) electrons. The highest BCUT2D eigenvalue weighted by molar-refractivity contribution is 7.89. The lowest BCUT2D eigenvalue weighted by molar-refractivity contribution is -0.140. The Morgan fingerprint density at radius 1 is 0.923 bits per heavy atom. The van der Waals surface area contributed by atoms with E-state index in [1.54, 1.807) is 36.9 Å². The largest absolute Gasteiger partial charge is 0.454 e. The minimum absolute atomic E-state index is 0.172. The van der Waals surface area contributed by atoms with Gasteiger partial charge in [0.2, 0.25) is 28.6 Å². The van der Waals surface area contributed by atoms with Gasteiger partial charge in [-0.25, -0.2) is 13.1 Å². The van der Waals surface area contributed by atoms with Crippen molar-refractivity contribution < 1.29 is 27.5 Å². The summed E-state index contributed by atoms with van der Waals surface area (Å²) in [5, 5.41) is 2.92. The Bertz CT molecular complexity index is 1390. The molecule has 39 heavy (non-hydrogen) atoms. The van der Waals surface area contributed by atoms with E-state index in [4.69, 9.17) is 9.47 Å². The maximum atomic E-state index is 13.4. The smallest absolute Gasteiger partial charge is 0.242 e. The molecule has 3 aromatic carbocycles. The molecule has 3 aromatic rings. The van der Waals surface area contributed by atoms with Gasteiger partial charge in [-0.3, -0.25) is 9.59 Å². The molecule has 0 bridgehead atoms. The maximum absolute atomic E-state index is 13.4.